The number of ether oxygens (including phenoxy) is 2. The Bertz CT molecular complexity index is 940. The summed E-state index contributed by atoms with van der Waals surface area (Å²) in [5, 5.41) is 0. The van der Waals surface area contributed by atoms with Crippen molar-refractivity contribution in [1.82, 2.24) is 0 Å². The van der Waals surface area contributed by atoms with Crippen LogP contribution >= 0.6 is 0 Å². The zero-order valence-electron chi connectivity index (χ0n) is 15.3. The molecule has 0 amide bonds. The number of methoxy groups -OCH3 is 2. The third kappa shape index (κ3) is 3.34. The molecule has 134 valence electrons. The maximum atomic E-state index is 5.56. The monoisotopic (exact) mass is 356 g/mol. The van der Waals surface area contributed by atoms with Gasteiger partial charge in [-0.15, -0.1) is 0 Å². The fraction of sp³-hybridized carbons (Fsp3) is 0.130. The van der Waals surface area contributed by atoms with E-state index in [-0.39, 0.29) is 6.17 Å². The first-order valence-electron chi connectivity index (χ1n) is 8.79. The lowest BCUT2D eigenvalue weighted by Gasteiger charge is -2.12. The van der Waals surface area contributed by atoms with Crippen LogP contribution in [0.3, 0.4) is 0 Å². The van der Waals surface area contributed by atoms with Crippen molar-refractivity contribution in [2.24, 2.45) is 9.98 Å². The Morgan fingerprint density at radius 3 is 1.70 bits per heavy atom. The number of rotatable bonds is 5. The molecule has 0 atom stereocenters. The molecule has 0 fully saturated rings. The lowest BCUT2D eigenvalue weighted by atomic mass is 10.0. The van der Waals surface area contributed by atoms with Crippen LogP contribution in [0.2, 0.25) is 0 Å². The summed E-state index contributed by atoms with van der Waals surface area (Å²) in [7, 11) is 3.29. The van der Waals surface area contributed by atoms with Gasteiger partial charge in [-0.2, -0.15) is 0 Å². The average Bonchev–Trinajstić information content (AvgIpc) is 3.19. The maximum absolute atomic E-state index is 5.56. The molecule has 4 heteroatoms. The Morgan fingerprint density at radius 2 is 1.22 bits per heavy atom. The third-order valence-corrected chi connectivity index (χ3v) is 4.54. The molecular formula is C23H20N2O2. The maximum Gasteiger partial charge on any atom is 0.170 e. The van der Waals surface area contributed by atoms with E-state index in [9.17, 15) is 0 Å². The van der Waals surface area contributed by atoms with Crippen LogP contribution in [-0.2, 0) is 0 Å². The van der Waals surface area contributed by atoms with E-state index in [4.69, 9.17) is 19.5 Å². The fourth-order valence-corrected chi connectivity index (χ4v) is 3.18. The molecule has 0 N–H and O–H groups in total. The smallest absolute Gasteiger partial charge is 0.170 e. The summed E-state index contributed by atoms with van der Waals surface area (Å²) in [5.74, 6) is 1.46. The molecule has 3 aromatic carbocycles. The largest absolute Gasteiger partial charge is 0.497 e. The molecule has 4 nitrogen and oxygen atoms in total. The summed E-state index contributed by atoms with van der Waals surface area (Å²) >= 11 is 0. The second-order valence-corrected chi connectivity index (χ2v) is 6.17. The van der Waals surface area contributed by atoms with E-state index in [1.54, 1.807) is 14.2 Å². The molecule has 0 unspecified atom stereocenters. The van der Waals surface area contributed by atoms with Crippen LogP contribution in [0.25, 0.3) is 0 Å². The number of aliphatic imine (C=N–C) groups is 2. The van der Waals surface area contributed by atoms with Crippen molar-refractivity contribution in [3.8, 4) is 11.5 Å². The highest BCUT2D eigenvalue weighted by atomic mass is 16.5. The van der Waals surface area contributed by atoms with E-state index in [1.807, 2.05) is 54.6 Å². The number of nitrogens with zero attached hydrogens (tertiary/aromatic N) is 2. The van der Waals surface area contributed by atoms with E-state index >= 15 is 0 Å². The van der Waals surface area contributed by atoms with Crippen LogP contribution in [0.4, 0.5) is 0 Å². The molecule has 0 aromatic heterocycles. The van der Waals surface area contributed by atoms with E-state index in [0.29, 0.717) is 5.75 Å². The van der Waals surface area contributed by atoms with Crippen LogP contribution in [0, 0.1) is 0 Å². The highest BCUT2D eigenvalue weighted by Crippen LogP contribution is 2.35. The normalized spacial score (nSPS) is 13.9. The number of hydrogen-bond acceptors (Lipinski definition) is 4. The van der Waals surface area contributed by atoms with Crippen molar-refractivity contribution >= 4 is 11.4 Å². The SMILES string of the molecule is COc1ccc(C2N=C(c3ccccc3)C(c3ccccc3)=N2)c(OC)c1. The van der Waals surface area contributed by atoms with Crippen molar-refractivity contribution < 1.29 is 9.47 Å². The van der Waals surface area contributed by atoms with Gasteiger partial charge >= 0.3 is 0 Å². The van der Waals surface area contributed by atoms with Gasteiger partial charge in [0.15, 0.2) is 6.17 Å². The highest BCUT2D eigenvalue weighted by molar-refractivity contribution is 6.54. The average molecular weight is 356 g/mol. The zero-order valence-corrected chi connectivity index (χ0v) is 15.3. The summed E-state index contributed by atoms with van der Waals surface area (Å²) in [4.78, 5) is 9.89. The number of hydrogen-bond donors (Lipinski definition) is 0. The van der Waals surface area contributed by atoms with Crippen molar-refractivity contribution in [3.63, 3.8) is 0 Å². The fourth-order valence-electron chi connectivity index (χ4n) is 3.18. The van der Waals surface area contributed by atoms with Crippen molar-refractivity contribution in [2.75, 3.05) is 14.2 Å². The van der Waals surface area contributed by atoms with E-state index in [1.165, 1.54) is 0 Å². The first-order valence-corrected chi connectivity index (χ1v) is 8.79. The molecule has 3 aromatic rings. The minimum Gasteiger partial charge on any atom is -0.497 e. The summed E-state index contributed by atoms with van der Waals surface area (Å²) in [6.07, 6.45) is -0.351. The third-order valence-electron chi connectivity index (χ3n) is 4.54. The second kappa shape index (κ2) is 7.46. The Balaban J connectivity index is 1.83. The molecule has 0 saturated carbocycles. The Hall–Kier alpha value is -3.40. The van der Waals surface area contributed by atoms with E-state index in [0.717, 1.165) is 33.9 Å². The summed E-state index contributed by atoms with van der Waals surface area (Å²) in [6, 6.07) is 26.0. The van der Waals surface area contributed by atoms with Gasteiger partial charge < -0.3 is 9.47 Å². The van der Waals surface area contributed by atoms with Crippen LogP contribution < -0.4 is 9.47 Å². The first kappa shape index (κ1) is 17.0. The van der Waals surface area contributed by atoms with Gasteiger partial charge in [0, 0.05) is 22.8 Å². The van der Waals surface area contributed by atoms with Crippen molar-refractivity contribution in [3.05, 3.63) is 95.6 Å². The summed E-state index contributed by atoms with van der Waals surface area (Å²) < 4.78 is 10.9. The molecule has 27 heavy (non-hydrogen) atoms. The molecular weight excluding hydrogens is 336 g/mol. The van der Waals surface area contributed by atoms with Crippen molar-refractivity contribution in [2.45, 2.75) is 6.17 Å². The number of benzene rings is 3. The predicted molar refractivity (Wildman–Crippen MR) is 108 cm³/mol. The van der Waals surface area contributed by atoms with Crippen molar-refractivity contribution in [1.29, 1.82) is 0 Å². The minimum absolute atomic E-state index is 0.351. The van der Waals surface area contributed by atoms with E-state index in [2.05, 4.69) is 24.3 Å². The van der Waals surface area contributed by atoms with Crippen LogP contribution in [0.15, 0.2) is 88.8 Å². The van der Waals surface area contributed by atoms with Gasteiger partial charge in [-0.1, -0.05) is 60.7 Å². The summed E-state index contributed by atoms with van der Waals surface area (Å²) in [5.41, 5.74) is 4.80. The Kier molecular flexibility index (Phi) is 4.71. The molecule has 1 aliphatic rings. The quantitative estimate of drug-likeness (QED) is 0.665. The zero-order chi connectivity index (χ0) is 18.6. The molecule has 1 aliphatic heterocycles. The molecule has 4 rings (SSSR count). The molecule has 0 saturated heterocycles. The van der Waals surface area contributed by atoms with Gasteiger partial charge in [0.25, 0.3) is 0 Å². The van der Waals surface area contributed by atoms with Gasteiger partial charge in [-0.3, -0.25) is 9.98 Å². The Labute approximate surface area is 158 Å². The predicted octanol–water partition coefficient (Wildman–Crippen LogP) is 4.69. The molecule has 0 aliphatic carbocycles. The van der Waals surface area contributed by atoms with Gasteiger partial charge in [-0.05, 0) is 12.1 Å². The first-order chi connectivity index (χ1) is 13.3. The van der Waals surface area contributed by atoms with Gasteiger partial charge in [0.1, 0.15) is 11.5 Å². The van der Waals surface area contributed by atoms with Gasteiger partial charge in [0.05, 0.1) is 25.6 Å². The molecule has 0 spiro atoms. The van der Waals surface area contributed by atoms with E-state index < -0.39 is 0 Å². The standard InChI is InChI=1S/C23H20N2O2/c1-26-18-13-14-19(20(15-18)27-2)23-24-21(16-9-5-3-6-10-16)22(25-23)17-11-7-4-8-12-17/h3-15,23H,1-2H3. The lowest BCUT2D eigenvalue weighted by Crippen LogP contribution is -2.13. The van der Waals surface area contributed by atoms with Gasteiger partial charge in [0.2, 0.25) is 0 Å². The van der Waals surface area contributed by atoms with Crippen LogP contribution in [0.5, 0.6) is 11.5 Å². The van der Waals surface area contributed by atoms with Crippen LogP contribution in [-0.4, -0.2) is 25.6 Å². The topological polar surface area (TPSA) is 43.2 Å². The Morgan fingerprint density at radius 1 is 0.667 bits per heavy atom. The molecule has 0 bridgehead atoms. The second-order valence-electron chi connectivity index (χ2n) is 6.17. The highest BCUT2D eigenvalue weighted by Gasteiger charge is 2.26. The summed E-state index contributed by atoms with van der Waals surface area (Å²) in [6.45, 7) is 0. The lowest BCUT2D eigenvalue weighted by molar-refractivity contribution is 0.389. The minimum atomic E-state index is -0.351. The molecule has 0 radical (unpaired) electrons. The van der Waals surface area contributed by atoms with Gasteiger partial charge in [-0.25, -0.2) is 0 Å². The van der Waals surface area contributed by atoms with Crippen LogP contribution in [0.1, 0.15) is 22.9 Å². The molecule has 1 heterocycles.